The highest BCUT2D eigenvalue weighted by Crippen LogP contribution is 2.41. The lowest BCUT2D eigenvalue weighted by Gasteiger charge is -2.25. The minimum absolute atomic E-state index is 0.0973. The van der Waals surface area contributed by atoms with Crippen molar-refractivity contribution in [2.75, 3.05) is 26.0 Å². The zero-order valence-corrected chi connectivity index (χ0v) is 26.8. The summed E-state index contributed by atoms with van der Waals surface area (Å²) < 4.78 is 46.4. The molecule has 0 bridgehead atoms. The number of carbonyl (C=O) groups is 1. The summed E-state index contributed by atoms with van der Waals surface area (Å²) in [6, 6.07) is 11.9. The average Bonchev–Trinajstić information content (AvgIpc) is 3.69. The number of hydrogen-bond donors (Lipinski definition) is 0. The molecule has 1 aromatic heterocycles. The van der Waals surface area contributed by atoms with E-state index >= 15 is 0 Å². The van der Waals surface area contributed by atoms with Crippen molar-refractivity contribution in [1.29, 1.82) is 0 Å². The summed E-state index contributed by atoms with van der Waals surface area (Å²) >= 11 is 22.3. The Hall–Kier alpha value is -2.15. The SMILES string of the molecule is CO[n+]1cc(Cl)c(CC(OC(=O)C2SCCN2Sc2ccccc2Cl)c2ccc(OC(F)F)c(OCC3CC3)c2)c(Cl)c1. The molecule has 0 spiro atoms. The van der Waals surface area contributed by atoms with E-state index in [0.717, 1.165) is 17.7 Å². The van der Waals surface area contributed by atoms with Gasteiger partial charge in [0.15, 0.2) is 16.9 Å². The van der Waals surface area contributed by atoms with Crippen LogP contribution in [-0.4, -0.2) is 48.3 Å². The molecule has 0 amide bonds. The van der Waals surface area contributed by atoms with Crippen LogP contribution < -0.4 is 19.0 Å². The Labute approximate surface area is 271 Å². The number of pyridine rings is 1. The van der Waals surface area contributed by atoms with Gasteiger partial charge in [-0.1, -0.05) is 53.0 Å². The first-order valence-corrected chi connectivity index (χ1v) is 16.3. The second-order valence-corrected chi connectivity index (χ2v) is 13.3. The Balaban J connectivity index is 1.44. The van der Waals surface area contributed by atoms with Crippen LogP contribution in [0.25, 0.3) is 0 Å². The van der Waals surface area contributed by atoms with Gasteiger partial charge in [-0.15, -0.1) is 11.8 Å². The lowest BCUT2D eigenvalue weighted by molar-refractivity contribution is -0.885. The fraction of sp³-hybridized carbons (Fsp3) is 0.379. The maximum Gasteiger partial charge on any atom is 0.387 e. The Morgan fingerprint density at radius 2 is 1.84 bits per heavy atom. The molecule has 1 aliphatic carbocycles. The van der Waals surface area contributed by atoms with Crippen LogP contribution in [0.3, 0.4) is 0 Å². The van der Waals surface area contributed by atoms with E-state index in [0.29, 0.717) is 51.0 Å². The van der Waals surface area contributed by atoms with E-state index in [1.165, 1.54) is 41.6 Å². The van der Waals surface area contributed by atoms with Crippen LogP contribution in [0.15, 0.2) is 59.8 Å². The molecule has 2 fully saturated rings. The molecule has 2 aliphatic rings. The van der Waals surface area contributed by atoms with Crippen LogP contribution in [0.5, 0.6) is 11.5 Å². The summed E-state index contributed by atoms with van der Waals surface area (Å²) in [5, 5.41) is 0.558. The molecule has 5 rings (SSSR count). The highest BCUT2D eigenvalue weighted by molar-refractivity contribution is 8.03. The van der Waals surface area contributed by atoms with Gasteiger partial charge >= 0.3 is 12.6 Å². The molecular weight excluding hydrogens is 665 g/mol. The molecule has 230 valence electrons. The van der Waals surface area contributed by atoms with Gasteiger partial charge in [0.05, 0.1) is 11.6 Å². The standard InChI is InChI=1S/C29H28Cl3F2N2O5S2/c1-38-35-14-21(31)19(22(32)15-35)13-24(18-8-9-23(41-29(33)34)25(12-18)39-16-17-6-7-17)40-28(37)27-36(10-11-42-27)43-26-5-3-2-4-20(26)30/h2-5,8-9,12,14-15,17,24,27,29H,6-7,10-11,13,16H2,1H3/q+1. The topological polar surface area (TPSA) is 61.1 Å². The van der Waals surface area contributed by atoms with Crippen molar-refractivity contribution < 1.29 is 37.4 Å². The summed E-state index contributed by atoms with van der Waals surface area (Å²) in [7, 11) is 1.47. The molecule has 1 aliphatic heterocycles. The molecule has 43 heavy (non-hydrogen) atoms. The number of esters is 1. The summed E-state index contributed by atoms with van der Waals surface area (Å²) in [4.78, 5) is 19.7. The number of aromatic nitrogens is 1. The molecule has 2 heterocycles. The summed E-state index contributed by atoms with van der Waals surface area (Å²) in [6.45, 7) is -2.02. The van der Waals surface area contributed by atoms with E-state index in [4.69, 9.17) is 53.9 Å². The number of benzene rings is 2. The van der Waals surface area contributed by atoms with Crippen molar-refractivity contribution in [1.82, 2.24) is 4.31 Å². The minimum Gasteiger partial charge on any atom is -0.489 e. The molecule has 2 unspecified atom stereocenters. The Kier molecular flexibility index (Phi) is 11.1. The van der Waals surface area contributed by atoms with Crippen LogP contribution in [-0.2, 0) is 16.0 Å². The zero-order chi connectivity index (χ0) is 30.5. The highest BCUT2D eigenvalue weighted by atomic mass is 35.5. The third-order valence-electron chi connectivity index (χ3n) is 6.75. The second-order valence-electron chi connectivity index (χ2n) is 9.83. The lowest BCUT2D eigenvalue weighted by Crippen LogP contribution is -2.40. The van der Waals surface area contributed by atoms with E-state index in [1.54, 1.807) is 30.6 Å². The molecule has 7 nitrogen and oxygen atoms in total. The van der Waals surface area contributed by atoms with Gasteiger partial charge in [-0.05, 0) is 60.5 Å². The van der Waals surface area contributed by atoms with Gasteiger partial charge in [-0.2, -0.15) is 8.78 Å². The zero-order valence-electron chi connectivity index (χ0n) is 22.9. The summed E-state index contributed by atoms with van der Waals surface area (Å²) in [6.07, 6.45) is 4.32. The normalized spacial score (nSPS) is 17.6. The fourth-order valence-corrected chi connectivity index (χ4v) is 7.51. The first-order valence-electron chi connectivity index (χ1n) is 13.4. The summed E-state index contributed by atoms with van der Waals surface area (Å²) in [5.74, 6) is 0.644. The van der Waals surface area contributed by atoms with Crippen molar-refractivity contribution in [3.05, 3.63) is 81.1 Å². The Bertz CT molecular complexity index is 1430. The van der Waals surface area contributed by atoms with Gasteiger partial charge < -0.3 is 14.2 Å². The predicted octanol–water partition coefficient (Wildman–Crippen LogP) is 7.29. The van der Waals surface area contributed by atoms with Gasteiger partial charge in [0.1, 0.15) is 23.3 Å². The van der Waals surface area contributed by atoms with Gasteiger partial charge in [0.2, 0.25) is 12.4 Å². The number of halogens is 5. The first kappa shape index (κ1) is 32.2. The van der Waals surface area contributed by atoms with Crippen LogP contribution in [0, 0.1) is 5.92 Å². The van der Waals surface area contributed by atoms with Gasteiger partial charge in [0.25, 0.3) is 0 Å². The Morgan fingerprint density at radius 3 is 2.51 bits per heavy atom. The van der Waals surface area contributed by atoms with Crippen molar-refractivity contribution in [3.63, 3.8) is 0 Å². The first-order chi connectivity index (χ1) is 20.7. The van der Waals surface area contributed by atoms with E-state index in [-0.39, 0.29) is 17.9 Å². The van der Waals surface area contributed by atoms with E-state index in [1.807, 2.05) is 22.5 Å². The molecule has 0 N–H and O–H groups in total. The fourth-order valence-electron chi connectivity index (χ4n) is 4.34. The average molecular weight is 693 g/mol. The number of ether oxygens (including phenoxy) is 3. The van der Waals surface area contributed by atoms with Gasteiger partial charge in [-0.3, -0.25) is 4.84 Å². The van der Waals surface area contributed by atoms with Crippen molar-refractivity contribution in [2.24, 2.45) is 5.92 Å². The van der Waals surface area contributed by atoms with Crippen LogP contribution in [0.2, 0.25) is 15.1 Å². The number of alkyl halides is 2. The molecule has 3 aromatic rings. The Morgan fingerprint density at radius 1 is 1.09 bits per heavy atom. The maximum atomic E-state index is 13.7. The number of carbonyl (C=O) groups excluding carboxylic acids is 1. The van der Waals surface area contributed by atoms with Crippen LogP contribution in [0.4, 0.5) is 8.78 Å². The molecule has 2 atom stereocenters. The van der Waals surface area contributed by atoms with Crippen molar-refractivity contribution in [3.8, 4) is 11.5 Å². The monoisotopic (exact) mass is 691 g/mol. The van der Waals surface area contributed by atoms with E-state index < -0.39 is 24.1 Å². The van der Waals surface area contributed by atoms with E-state index in [2.05, 4.69) is 0 Å². The maximum absolute atomic E-state index is 13.7. The number of rotatable bonds is 13. The smallest absolute Gasteiger partial charge is 0.387 e. The molecule has 14 heteroatoms. The largest absolute Gasteiger partial charge is 0.489 e. The highest BCUT2D eigenvalue weighted by Gasteiger charge is 2.36. The summed E-state index contributed by atoms with van der Waals surface area (Å²) in [5.41, 5.74) is 1.02. The number of nitrogens with zero attached hydrogens (tertiary/aromatic N) is 2. The molecule has 1 saturated heterocycles. The second kappa shape index (κ2) is 14.8. The minimum atomic E-state index is -3.03. The predicted molar refractivity (Wildman–Crippen MR) is 163 cm³/mol. The third kappa shape index (κ3) is 8.52. The van der Waals surface area contributed by atoms with Crippen molar-refractivity contribution >= 4 is 64.5 Å². The van der Waals surface area contributed by atoms with Crippen LogP contribution in [0.1, 0.15) is 30.1 Å². The third-order valence-corrected chi connectivity index (χ3v) is 10.3. The van der Waals surface area contributed by atoms with E-state index in [9.17, 15) is 13.6 Å². The molecule has 2 aromatic carbocycles. The molecular formula is C29H28Cl3F2N2O5S2+. The molecule has 0 radical (unpaired) electrons. The van der Waals surface area contributed by atoms with Crippen molar-refractivity contribution in [2.45, 2.75) is 42.2 Å². The quantitative estimate of drug-likeness (QED) is 0.105. The number of hydrogen-bond acceptors (Lipinski definition) is 8. The van der Waals surface area contributed by atoms with Crippen LogP contribution >= 0.6 is 58.5 Å². The number of thioether (sulfide) groups is 1. The van der Waals surface area contributed by atoms with Gasteiger partial charge in [0, 0.05) is 33.9 Å². The lowest BCUT2D eigenvalue weighted by atomic mass is 10.0. The van der Waals surface area contributed by atoms with Gasteiger partial charge in [-0.25, -0.2) is 9.10 Å². The molecule has 1 saturated carbocycles.